The Hall–Kier alpha value is -2.11. The number of furan rings is 1. The molecule has 0 aliphatic heterocycles. The van der Waals surface area contributed by atoms with Crippen molar-refractivity contribution in [2.45, 2.75) is 26.6 Å². The van der Waals surface area contributed by atoms with Crippen molar-refractivity contribution < 1.29 is 13.5 Å². The molecule has 0 spiro atoms. The van der Waals surface area contributed by atoms with E-state index in [1.165, 1.54) is 21.9 Å². The van der Waals surface area contributed by atoms with Crippen LogP contribution in [0.4, 0.5) is 4.39 Å². The van der Waals surface area contributed by atoms with E-state index in [4.69, 9.17) is 9.15 Å². The molecule has 24 heavy (non-hydrogen) atoms. The standard InChI is InChI=1S/C19H20FNO2S/c1-14-5-7-18(24-14)13-21(12-17-4-3-9-23-17)11-15-10-16(20)6-8-19(15)22-2/h3-10H,11-13H2,1-2H3. The van der Waals surface area contributed by atoms with Crippen LogP contribution < -0.4 is 4.74 Å². The van der Waals surface area contributed by atoms with Crippen molar-refractivity contribution in [1.82, 2.24) is 4.90 Å². The summed E-state index contributed by atoms with van der Waals surface area (Å²) >= 11 is 1.77. The predicted octanol–water partition coefficient (Wildman–Crippen LogP) is 5.00. The van der Waals surface area contributed by atoms with Crippen molar-refractivity contribution in [2.24, 2.45) is 0 Å². The molecular weight excluding hydrogens is 325 g/mol. The maximum Gasteiger partial charge on any atom is 0.123 e. The quantitative estimate of drug-likeness (QED) is 0.603. The molecule has 3 rings (SSSR count). The molecule has 2 heterocycles. The fraction of sp³-hybridized carbons (Fsp3) is 0.263. The van der Waals surface area contributed by atoms with E-state index in [1.54, 1.807) is 30.8 Å². The second-order valence-electron chi connectivity index (χ2n) is 5.69. The van der Waals surface area contributed by atoms with Gasteiger partial charge in [0.15, 0.2) is 0 Å². The summed E-state index contributed by atoms with van der Waals surface area (Å²) in [5.41, 5.74) is 0.831. The molecule has 0 amide bonds. The third kappa shape index (κ3) is 4.24. The zero-order valence-electron chi connectivity index (χ0n) is 13.8. The minimum atomic E-state index is -0.254. The molecule has 0 aliphatic rings. The molecule has 3 nitrogen and oxygen atoms in total. The van der Waals surface area contributed by atoms with Crippen LogP contribution in [0.2, 0.25) is 0 Å². The lowest BCUT2D eigenvalue weighted by Crippen LogP contribution is -2.22. The first-order chi connectivity index (χ1) is 11.6. The van der Waals surface area contributed by atoms with Crippen LogP contribution >= 0.6 is 11.3 Å². The molecule has 1 aromatic carbocycles. The third-order valence-corrected chi connectivity index (χ3v) is 4.76. The molecular formula is C19H20FNO2S. The molecule has 0 unspecified atom stereocenters. The highest BCUT2D eigenvalue weighted by Crippen LogP contribution is 2.25. The maximum atomic E-state index is 13.7. The molecule has 5 heteroatoms. The van der Waals surface area contributed by atoms with Crippen LogP contribution in [-0.2, 0) is 19.6 Å². The molecule has 0 saturated carbocycles. The number of hydrogen-bond acceptors (Lipinski definition) is 4. The van der Waals surface area contributed by atoms with Crippen molar-refractivity contribution in [3.63, 3.8) is 0 Å². The highest BCUT2D eigenvalue weighted by molar-refractivity contribution is 7.11. The third-order valence-electron chi connectivity index (χ3n) is 3.77. The average molecular weight is 345 g/mol. The van der Waals surface area contributed by atoms with Gasteiger partial charge in [0, 0.05) is 28.4 Å². The van der Waals surface area contributed by atoms with Crippen LogP contribution in [0.25, 0.3) is 0 Å². The Morgan fingerprint density at radius 1 is 1.12 bits per heavy atom. The number of nitrogens with zero attached hydrogens (tertiary/aromatic N) is 1. The van der Waals surface area contributed by atoms with Crippen molar-refractivity contribution in [3.05, 3.63) is 75.6 Å². The van der Waals surface area contributed by atoms with Gasteiger partial charge in [-0.1, -0.05) is 0 Å². The Balaban J connectivity index is 1.82. The van der Waals surface area contributed by atoms with Gasteiger partial charge in [-0.15, -0.1) is 11.3 Å². The zero-order chi connectivity index (χ0) is 16.9. The lowest BCUT2D eigenvalue weighted by molar-refractivity contribution is 0.225. The summed E-state index contributed by atoms with van der Waals surface area (Å²) in [6.07, 6.45) is 1.67. The van der Waals surface area contributed by atoms with Crippen LogP contribution in [-0.4, -0.2) is 12.0 Å². The second-order valence-corrected chi connectivity index (χ2v) is 7.07. The van der Waals surface area contributed by atoms with E-state index in [9.17, 15) is 4.39 Å². The van der Waals surface area contributed by atoms with Gasteiger partial charge in [-0.3, -0.25) is 4.90 Å². The number of benzene rings is 1. The average Bonchev–Trinajstić information content (AvgIpc) is 3.19. The molecule has 0 N–H and O–H groups in total. The molecule has 0 aliphatic carbocycles. The number of hydrogen-bond donors (Lipinski definition) is 0. The summed E-state index contributed by atoms with van der Waals surface area (Å²) in [6.45, 7) is 4.11. The largest absolute Gasteiger partial charge is 0.496 e. The first-order valence-electron chi connectivity index (χ1n) is 7.76. The van der Waals surface area contributed by atoms with Gasteiger partial charge in [-0.2, -0.15) is 0 Å². The molecule has 0 bridgehead atoms. The Bertz CT molecular complexity index is 783. The molecule has 3 aromatic rings. The number of rotatable bonds is 7. The highest BCUT2D eigenvalue weighted by atomic mass is 32.1. The summed E-state index contributed by atoms with van der Waals surface area (Å²) in [5.74, 6) is 1.33. The van der Waals surface area contributed by atoms with E-state index in [-0.39, 0.29) is 5.82 Å². The molecule has 126 valence electrons. The zero-order valence-corrected chi connectivity index (χ0v) is 14.6. The van der Waals surface area contributed by atoms with Crippen LogP contribution in [0.15, 0.2) is 53.1 Å². The lowest BCUT2D eigenvalue weighted by atomic mass is 10.1. The van der Waals surface area contributed by atoms with E-state index >= 15 is 0 Å². The molecule has 0 saturated heterocycles. The van der Waals surface area contributed by atoms with Crippen molar-refractivity contribution >= 4 is 11.3 Å². The van der Waals surface area contributed by atoms with Gasteiger partial charge in [-0.25, -0.2) is 4.39 Å². The van der Waals surface area contributed by atoms with Crippen LogP contribution in [0, 0.1) is 12.7 Å². The Morgan fingerprint density at radius 3 is 2.67 bits per heavy atom. The first kappa shape index (κ1) is 16.7. The Kier molecular flexibility index (Phi) is 5.33. The Labute approximate surface area is 145 Å². The normalized spacial score (nSPS) is 11.2. The number of ether oxygens (including phenoxy) is 1. The summed E-state index contributed by atoms with van der Waals surface area (Å²) in [6, 6.07) is 12.7. The van der Waals surface area contributed by atoms with Gasteiger partial charge in [0.1, 0.15) is 17.3 Å². The highest BCUT2D eigenvalue weighted by Gasteiger charge is 2.14. The monoisotopic (exact) mass is 345 g/mol. The summed E-state index contributed by atoms with van der Waals surface area (Å²) in [7, 11) is 1.61. The second kappa shape index (κ2) is 7.64. The van der Waals surface area contributed by atoms with Crippen molar-refractivity contribution in [1.29, 1.82) is 0 Å². The first-order valence-corrected chi connectivity index (χ1v) is 8.58. The summed E-state index contributed by atoms with van der Waals surface area (Å²) in [4.78, 5) is 4.78. The smallest absolute Gasteiger partial charge is 0.123 e. The SMILES string of the molecule is COc1ccc(F)cc1CN(Cc1ccco1)Cc1ccc(C)s1. The number of methoxy groups -OCH3 is 1. The maximum absolute atomic E-state index is 13.7. The van der Waals surface area contributed by atoms with E-state index in [1.807, 2.05) is 12.1 Å². The predicted molar refractivity (Wildman–Crippen MR) is 93.7 cm³/mol. The van der Waals surface area contributed by atoms with Crippen LogP contribution in [0.1, 0.15) is 21.1 Å². The van der Waals surface area contributed by atoms with Gasteiger partial charge < -0.3 is 9.15 Å². The fourth-order valence-corrected chi connectivity index (χ4v) is 3.63. The molecule has 0 atom stereocenters. The number of halogens is 1. The van der Waals surface area contributed by atoms with Crippen molar-refractivity contribution in [2.75, 3.05) is 7.11 Å². The molecule has 0 radical (unpaired) electrons. The summed E-state index contributed by atoms with van der Waals surface area (Å²) < 4.78 is 24.5. The van der Waals surface area contributed by atoms with Gasteiger partial charge in [0.05, 0.1) is 19.9 Å². The lowest BCUT2D eigenvalue weighted by Gasteiger charge is -2.22. The number of thiophene rings is 1. The number of aryl methyl sites for hydroxylation is 1. The minimum Gasteiger partial charge on any atom is -0.496 e. The van der Waals surface area contributed by atoms with E-state index < -0.39 is 0 Å². The topological polar surface area (TPSA) is 25.6 Å². The minimum absolute atomic E-state index is 0.254. The van der Waals surface area contributed by atoms with Gasteiger partial charge in [-0.05, 0) is 49.4 Å². The molecule has 0 fully saturated rings. The van der Waals surface area contributed by atoms with Crippen molar-refractivity contribution in [3.8, 4) is 5.75 Å². The van der Waals surface area contributed by atoms with Gasteiger partial charge in [0.2, 0.25) is 0 Å². The van der Waals surface area contributed by atoms with Gasteiger partial charge in [0.25, 0.3) is 0 Å². The molecule has 2 aromatic heterocycles. The Morgan fingerprint density at radius 2 is 2.00 bits per heavy atom. The van der Waals surface area contributed by atoms with Gasteiger partial charge >= 0.3 is 0 Å². The van der Waals surface area contributed by atoms with E-state index in [2.05, 4.69) is 24.0 Å². The van der Waals surface area contributed by atoms with E-state index in [0.29, 0.717) is 18.8 Å². The fourth-order valence-electron chi connectivity index (χ4n) is 2.69. The van der Waals surface area contributed by atoms with Crippen LogP contribution in [0.5, 0.6) is 5.75 Å². The van der Waals surface area contributed by atoms with Crippen LogP contribution in [0.3, 0.4) is 0 Å². The van der Waals surface area contributed by atoms with E-state index in [0.717, 1.165) is 17.9 Å². The summed E-state index contributed by atoms with van der Waals surface area (Å²) in [5, 5.41) is 0.